The van der Waals surface area contributed by atoms with Gasteiger partial charge in [-0.2, -0.15) is 15.2 Å². The van der Waals surface area contributed by atoms with E-state index in [1.807, 2.05) is 0 Å². The van der Waals surface area contributed by atoms with Crippen molar-refractivity contribution in [3.05, 3.63) is 53.2 Å². The molecule has 7 rings (SSSR count). The fraction of sp³-hybridized carbons (Fsp3) is 0.529. The van der Waals surface area contributed by atoms with E-state index >= 15 is 0 Å². The Morgan fingerprint density at radius 2 is 1.86 bits per heavy atom. The zero-order chi connectivity index (χ0) is 30.2. The molecule has 0 aliphatic carbocycles. The number of aromatic nitrogens is 2. The molecule has 2 bridgehead atoms. The van der Waals surface area contributed by atoms with Gasteiger partial charge in [-0.15, -0.1) is 0 Å². The van der Waals surface area contributed by atoms with Crippen molar-refractivity contribution in [2.75, 3.05) is 49.6 Å². The number of piperazine rings is 1. The quantitative estimate of drug-likeness (QED) is 0.366. The van der Waals surface area contributed by atoms with Crippen LogP contribution in [0.5, 0.6) is 6.01 Å². The molecule has 230 valence electrons. The largest absolute Gasteiger partial charge is 0.465 e. The minimum absolute atomic E-state index is 0.0106. The summed E-state index contributed by atoms with van der Waals surface area (Å²) in [5.41, 5.74) is 4.62. The van der Waals surface area contributed by atoms with Gasteiger partial charge in [-0.1, -0.05) is 30.3 Å². The number of likely N-dealkylation sites (N-methyl/N-ethyl adjacent to an activating group) is 1. The number of likely N-dealkylation sites (tertiary alicyclic amines) is 1. The number of hydrogen-bond donors (Lipinski definition) is 1. The lowest BCUT2D eigenvalue weighted by Gasteiger charge is -2.41. The Labute approximate surface area is 258 Å². The highest BCUT2D eigenvalue weighted by molar-refractivity contribution is 5.97. The van der Waals surface area contributed by atoms with E-state index in [2.05, 4.69) is 64.2 Å². The average molecular weight is 596 g/mol. The number of hydrogen-bond acceptors (Lipinski definition) is 8. The molecule has 0 radical (unpaired) electrons. The fourth-order valence-corrected chi connectivity index (χ4v) is 7.90. The molecule has 4 aliphatic heterocycles. The molecule has 3 saturated heterocycles. The number of aryl methyl sites for hydroxylation is 1. The maximum atomic E-state index is 12.0. The summed E-state index contributed by atoms with van der Waals surface area (Å²) in [5, 5.41) is 21.4. The van der Waals surface area contributed by atoms with Crippen molar-refractivity contribution in [2.24, 2.45) is 0 Å². The molecule has 4 aliphatic rings. The van der Waals surface area contributed by atoms with Crippen molar-refractivity contribution in [3.8, 4) is 12.1 Å². The van der Waals surface area contributed by atoms with E-state index in [0.717, 1.165) is 68.7 Å². The van der Waals surface area contributed by atoms with Crippen LogP contribution in [0.2, 0.25) is 0 Å². The normalized spacial score (nSPS) is 23.2. The van der Waals surface area contributed by atoms with Gasteiger partial charge in [0.15, 0.2) is 0 Å². The van der Waals surface area contributed by atoms with E-state index in [4.69, 9.17) is 20.0 Å². The minimum atomic E-state index is -0.815. The molecule has 5 heterocycles. The van der Waals surface area contributed by atoms with Crippen LogP contribution in [0.25, 0.3) is 10.8 Å². The van der Waals surface area contributed by atoms with E-state index in [9.17, 15) is 9.90 Å². The van der Waals surface area contributed by atoms with Gasteiger partial charge in [0.2, 0.25) is 0 Å². The summed E-state index contributed by atoms with van der Waals surface area (Å²) >= 11 is 0. The van der Waals surface area contributed by atoms with Gasteiger partial charge < -0.3 is 24.5 Å². The summed E-state index contributed by atoms with van der Waals surface area (Å²) in [5.74, 6) is 0.918. The first-order valence-electron chi connectivity index (χ1n) is 16.1. The lowest BCUT2D eigenvalue weighted by atomic mass is 9.96. The van der Waals surface area contributed by atoms with Gasteiger partial charge in [0, 0.05) is 48.7 Å². The number of rotatable bonds is 8. The van der Waals surface area contributed by atoms with Crippen LogP contribution >= 0.6 is 0 Å². The molecular weight excluding hydrogens is 554 g/mol. The van der Waals surface area contributed by atoms with Gasteiger partial charge in [0.1, 0.15) is 12.4 Å². The number of fused-ring (bicyclic) bond motifs is 4. The van der Waals surface area contributed by atoms with Crippen LogP contribution < -0.4 is 14.5 Å². The summed E-state index contributed by atoms with van der Waals surface area (Å²) in [6, 6.07) is 16.0. The van der Waals surface area contributed by atoms with Crippen LogP contribution in [0, 0.1) is 11.3 Å². The van der Waals surface area contributed by atoms with Crippen LogP contribution in [-0.4, -0.2) is 88.9 Å². The summed E-state index contributed by atoms with van der Waals surface area (Å²) in [4.78, 5) is 30.8. The minimum Gasteiger partial charge on any atom is -0.465 e. The molecule has 0 unspecified atom stereocenters. The maximum Gasteiger partial charge on any atom is 0.407 e. The molecule has 2 aromatic carbocycles. The Bertz CT molecular complexity index is 1570. The van der Waals surface area contributed by atoms with Crippen molar-refractivity contribution in [1.82, 2.24) is 19.8 Å². The smallest absolute Gasteiger partial charge is 0.407 e. The third kappa shape index (κ3) is 5.38. The van der Waals surface area contributed by atoms with E-state index in [1.54, 1.807) is 4.90 Å². The second kappa shape index (κ2) is 12.1. The third-order valence-corrected chi connectivity index (χ3v) is 10.1. The Morgan fingerprint density at radius 1 is 1.07 bits per heavy atom. The highest BCUT2D eigenvalue weighted by Crippen LogP contribution is 2.38. The van der Waals surface area contributed by atoms with Gasteiger partial charge in [0.25, 0.3) is 0 Å². The van der Waals surface area contributed by atoms with E-state index in [0.29, 0.717) is 44.7 Å². The van der Waals surface area contributed by atoms with Gasteiger partial charge in [0.05, 0.1) is 30.4 Å². The number of unbranched alkanes of at least 4 members (excludes halogenated alkanes) is 1. The Kier molecular flexibility index (Phi) is 7.89. The zero-order valence-corrected chi connectivity index (χ0v) is 25.5. The van der Waals surface area contributed by atoms with Gasteiger partial charge in [-0.25, -0.2) is 4.79 Å². The number of amides is 1. The van der Waals surface area contributed by atoms with Crippen LogP contribution in [0.1, 0.15) is 55.3 Å². The highest BCUT2D eigenvalue weighted by Gasteiger charge is 2.44. The van der Waals surface area contributed by atoms with Crippen LogP contribution in [0.15, 0.2) is 36.4 Å². The van der Waals surface area contributed by atoms with Gasteiger partial charge in [-0.3, -0.25) is 4.90 Å². The summed E-state index contributed by atoms with van der Waals surface area (Å²) in [6.07, 6.45) is 6.33. The second-order valence-electron chi connectivity index (χ2n) is 12.8. The van der Waals surface area contributed by atoms with Gasteiger partial charge in [-0.05, 0) is 75.6 Å². The Hall–Kier alpha value is -4.10. The monoisotopic (exact) mass is 595 g/mol. The molecule has 1 amide bonds. The molecule has 44 heavy (non-hydrogen) atoms. The Morgan fingerprint density at radius 3 is 2.59 bits per heavy atom. The molecule has 3 atom stereocenters. The standard InChI is InChI=1S/C34H41N7O3/c1-38-17-6-11-27(38)22-44-33-36-29-21-39(30-12-5-10-24-9-4-8-23(31(24)30)7-2-3-16-35)18-15-28(29)32(37-33)40-19-25-13-14-26(20-40)41(25)34(42)43/h4-5,8-10,12,25-27H,2-3,6-7,11,13-15,17-22H2,1H3,(H,42,43)/t25-,26+,27-/m0/s1. The third-order valence-electron chi connectivity index (χ3n) is 10.1. The fourth-order valence-electron chi connectivity index (χ4n) is 7.90. The molecule has 0 spiro atoms. The van der Waals surface area contributed by atoms with Crippen molar-refractivity contribution in [3.63, 3.8) is 0 Å². The Balaban J connectivity index is 1.22. The summed E-state index contributed by atoms with van der Waals surface area (Å²) in [6.45, 7) is 4.43. The predicted octanol–water partition coefficient (Wildman–Crippen LogP) is 4.84. The summed E-state index contributed by atoms with van der Waals surface area (Å²) < 4.78 is 6.33. The number of anilines is 2. The number of nitrogens with zero attached hydrogens (tertiary/aromatic N) is 7. The van der Waals surface area contributed by atoms with E-state index in [-0.39, 0.29) is 12.1 Å². The van der Waals surface area contributed by atoms with Crippen LogP contribution in [-0.2, 0) is 19.4 Å². The van der Waals surface area contributed by atoms with Crippen molar-refractivity contribution < 1.29 is 14.6 Å². The summed E-state index contributed by atoms with van der Waals surface area (Å²) in [7, 11) is 2.15. The van der Waals surface area contributed by atoms with Crippen molar-refractivity contribution in [1.29, 1.82) is 5.26 Å². The molecular formula is C34H41N7O3. The van der Waals surface area contributed by atoms with Crippen molar-refractivity contribution in [2.45, 2.75) is 76.0 Å². The molecule has 0 saturated carbocycles. The molecule has 1 aromatic heterocycles. The average Bonchev–Trinajstić information content (AvgIpc) is 3.57. The molecule has 3 fully saturated rings. The van der Waals surface area contributed by atoms with Gasteiger partial charge >= 0.3 is 12.1 Å². The van der Waals surface area contributed by atoms with Crippen molar-refractivity contribution >= 4 is 28.4 Å². The highest BCUT2D eigenvalue weighted by atomic mass is 16.5. The SMILES string of the molecule is CN1CCC[C@H]1COc1nc2c(c(N3C[C@H]4CC[C@@H](C3)N4C(=O)O)n1)CCN(c1cccc3cccc(CCCC#N)c13)C2. The number of benzene rings is 2. The first-order chi connectivity index (χ1) is 21.5. The molecule has 1 N–H and O–H groups in total. The second-order valence-corrected chi connectivity index (χ2v) is 12.8. The molecule has 10 nitrogen and oxygen atoms in total. The van der Waals surface area contributed by atoms with Crippen LogP contribution in [0.3, 0.4) is 0 Å². The first kappa shape index (κ1) is 28.7. The molecule has 10 heteroatoms. The predicted molar refractivity (Wildman–Crippen MR) is 169 cm³/mol. The lowest BCUT2D eigenvalue weighted by molar-refractivity contribution is 0.114. The van der Waals surface area contributed by atoms with Crippen LogP contribution in [0.4, 0.5) is 16.3 Å². The molecule has 3 aromatic rings. The number of nitriles is 1. The van der Waals surface area contributed by atoms with E-state index < -0.39 is 6.09 Å². The number of ether oxygens (including phenoxy) is 1. The lowest BCUT2D eigenvalue weighted by Crippen LogP contribution is -2.56. The number of carbonyl (C=O) groups is 1. The zero-order valence-electron chi connectivity index (χ0n) is 25.5. The first-order valence-corrected chi connectivity index (χ1v) is 16.1. The topological polar surface area (TPSA) is 109 Å². The number of carboxylic acid groups (broad SMARTS) is 1. The van der Waals surface area contributed by atoms with E-state index in [1.165, 1.54) is 28.4 Å². The maximum absolute atomic E-state index is 12.0.